The molecular formula is C26H22FNO2. The Kier molecular flexibility index (Phi) is 6.25. The van der Waals surface area contributed by atoms with Crippen LogP contribution >= 0.6 is 0 Å². The van der Waals surface area contributed by atoms with Gasteiger partial charge in [0.25, 0.3) is 0 Å². The SMILES string of the molecule is Fc1cccc(COc2ccccc2CNc2ccc(Oc3ccccc3)cc2)c1. The molecule has 1 N–H and O–H groups in total. The molecule has 0 saturated carbocycles. The van der Waals surface area contributed by atoms with Gasteiger partial charge >= 0.3 is 0 Å². The molecule has 0 heterocycles. The van der Waals surface area contributed by atoms with Gasteiger partial charge in [-0.15, -0.1) is 0 Å². The molecule has 4 aromatic carbocycles. The first-order valence-corrected chi connectivity index (χ1v) is 9.78. The van der Waals surface area contributed by atoms with Gasteiger partial charge in [-0.2, -0.15) is 0 Å². The average Bonchev–Trinajstić information content (AvgIpc) is 2.78. The van der Waals surface area contributed by atoms with Crippen LogP contribution in [0.5, 0.6) is 17.2 Å². The molecule has 0 fully saturated rings. The third-order valence-corrected chi connectivity index (χ3v) is 4.57. The highest BCUT2D eigenvalue weighted by Crippen LogP contribution is 2.24. The van der Waals surface area contributed by atoms with E-state index in [1.165, 1.54) is 12.1 Å². The van der Waals surface area contributed by atoms with Gasteiger partial charge in [0, 0.05) is 17.8 Å². The first-order chi connectivity index (χ1) is 14.8. The molecule has 4 rings (SSSR count). The second kappa shape index (κ2) is 9.61. The van der Waals surface area contributed by atoms with Crippen molar-refractivity contribution in [2.24, 2.45) is 0 Å². The fourth-order valence-corrected chi connectivity index (χ4v) is 3.04. The van der Waals surface area contributed by atoms with Gasteiger partial charge in [-0.3, -0.25) is 0 Å². The van der Waals surface area contributed by atoms with E-state index in [0.29, 0.717) is 13.2 Å². The van der Waals surface area contributed by atoms with Crippen LogP contribution in [-0.4, -0.2) is 0 Å². The van der Waals surface area contributed by atoms with Gasteiger partial charge in [0.1, 0.15) is 29.7 Å². The summed E-state index contributed by atoms with van der Waals surface area (Å²) in [6.07, 6.45) is 0. The van der Waals surface area contributed by atoms with E-state index in [1.54, 1.807) is 6.07 Å². The first kappa shape index (κ1) is 19.5. The Hall–Kier alpha value is -3.79. The molecular weight excluding hydrogens is 377 g/mol. The van der Waals surface area contributed by atoms with Crippen LogP contribution in [0, 0.1) is 5.82 Å². The van der Waals surface area contributed by atoms with Crippen molar-refractivity contribution in [3.63, 3.8) is 0 Å². The Morgan fingerprint density at radius 3 is 2.23 bits per heavy atom. The zero-order valence-electron chi connectivity index (χ0n) is 16.4. The van der Waals surface area contributed by atoms with Crippen molar-refractivity contribution in [1.29, 1.82) is 0 Å². The largest absolute Gasteiger partial charge is 0.489 e. The molecule has 0 aliphatic rings. The molecule has 0 radical (unpaired) electrons. The fourth-order valence-electron chi connectivity index (χ4n) is 3.04. The summed E-state index contributed by atoms with van der Waals surface area (Å²) < 4.78 is 25.1. The Balaban J connectivity index is 1.35. The Bertz CT molecular complexity index is 1080. The zero-order chi connectivity index (χ0) is 20.6. The summed E-state index contributed by atoms with van der Waals surface area (Å²) in [5.74, 6) is 2.11. The highest BCUT2D eigenvalue weighted by Gasteiger charge is 2.05. The number of halogens is 1. The van der Waals surface area contributed by atoms with Gasteiger partial charge in [0.2, 0.25) is 0 Å². The van der Waals surface area contributed by atoms with Crippen LogP contribution in [0.25, 0.3) is 0 Å². The standard InChI is InChI=1S/C26H22FNO2/c27-22-9-6-7-20(17-22)19-29-26-12-5-4-8-21(26)18-28-23-13-15-25(16-14-23)30-24-10-2-1-3-11-24/h1-17,28H,18-19H2. The number of para-hydroxylation sites is 2. The van der Waals surface area contributed by atoms with E-state index in [1.807, 2.05) is 84.9 Å². The lowest BCUT2D eigenvalue weighted by Gasteiger charge is -2.13. The van der Waals surface area contributed by atoms with E-state index in [4.69, 9.17) is 9.47 Å². The number of hydrogen-bond donors (Lipinski definition) is 1. The van der Waals surface area contributed by atoms with E-state index < -0.39 is 0 Å². The number of ether oxygens (including phenoxy) is 2. The summed E-state index contributed by atoms with van der Waals surface area (Å²) in [6.45, 7) is 0.929. The fraction of sp³-hybridized carbons (Fsp3) is 0.0769. The third-order valence-electron chi connectivity index (χ3n) is 4.57. The lowest BCUT2D eigenvalue weighted by atomic mass is 10.2. The summed E-state index contributed by atoms with van der Waals surface area (Å²) in [4.78, 5) is 0. The molecule has 0 aliphatic heterocycles. The molecule has 0 aliphatic carbocycles. The maximum atomic E-state index is 13.4. The summed E-state index contributed by atoms with van der Waals surface area (Å²) in [6, 6.07) is 31.8. The van der Waals surface area contributed by atoms with Crippen molar-refractivity contribution in [2.75, 3.05) is 5.32 Å². The lowest BCUT2D eigenvalue weighted by Crippen LogP contribution is -2.03. The lowest BCUT2D eigenvalue weighted by molar-refractivity contribution is 0.302. The number of nitrogens with one attached hydrogen (secondary N) is 1. The minimum atomic E-state index is -0.259. The minimum absolute atomic E-state index is 0.259. The summed E-state index contributed by atoms with van der Waals surface area (Å²) >= 11 is 0. The number of benzene rings is 4. The van der Waals surface area contributed by atoms with Crippen LogP contribution in [0.15, 0.2) is 103 Å². The van der Waals surface area contributed by atoms with Crippen LogP contribution in [0.1, 0.15) is 11.1 Å². The Labute approximate surface area is 175 Å². The van der Waals surface area contributed by atoms with E-state index in [0.717, 1.165) is 34.1 Å². The monoisotopic (exact) mass is 399 g/mol. The second-order valence-electron chi connectivity index (χ2n) is 6.82. The molecule has 0 atom stereocenters. The van der Waals surface area contributed by atoms with Crippen molar-refractivity contribution in [2.45, 2.75) is 13.2 Å². The Morgan fingerprint density at radius 2 is 1.43 bits per heavy atom. The normalized spacial score (nSPS) is 10.4. The molecule has 4 aromatic rings. The maximum Gasteiger partial charge on any atom is 0.127 e. The van der Waals surface area contributed by atoms with Crippen LogP contribution in [0.3, 0.4) is 0 Å². The molecule has 150 valence electrons. The smallest absolute Gasteiger partial charge is 0.127 e. The Morgan fingerprint density at radius 1 is 0.700 bits per heavy atom. The highest BCUT2D eigenvalue weighted by molar-refractivity contribution is 5.48. The summed E-state index contributed by atoms with van der Waals surface area (Å²) in [5, 5.41) is 3.40. The zero-order valence-corrected chi connectivity index (χ0v) is 16.4. The number of hydrogen-bond acceptors (Lipinski definition) is 3. The average molecular weight is 399 g/mol. The molecule has 0 spiro atoms. The van der Waals surface area contributed by atoms with Gasteiger partial charge in [0.05, 0.1) is 0 Å². The van der Waals surface area contributed by atoms with Crippen molar-refractivity contribution in [3.8, 4) is 17.2 Å². The predicted octanol–water partition coefficient (Wildman–Crippen LogP) is 6.81. The van der Waals surface area contributed by atoms with Gasteiger partial charge in [-0.1, -0.05) is 48.5 Å². The third kappa shape index (κ3) is 5.39. The van der Waals surface area contributed by atoms with Crippen molar-refractivity contribution in [1.82, 2.24) is 0 Å². The van der Waals surface area contributed by atoms with Crippen LogP contribution in [0.2, 0.25) is 0 Å². The quantitative estimate of drug-likeness (QED) is 0.353. The van der Waals surface area contributed by atoms with Gasteiger partial charge in [-0.05, 0) is 60.2 Å². The molecule has 30 heavy (non-hydrogen) atoms. The highest BCUT2D eigenvalue weighted by atomic mass is 19.1. The number of rotatable bonds is 8. The van der Waals surface area contributed by atoms with Crippen molar-refractivity contribution in [3.05, 3.63) is 120 Å². The maximum absolute atomic E-state index is 13.4. The van der Waals surface area contributed by atoms with Crippen molar-refractivity contribution < 1.29 is 13.9 Å². The van der Waals surface area contributed by atoms with E-state index in [2.05, 4.69) is 5.32 Å². The molecule has 3 nitrogen and oxygen atoms in total. The topological polar surface area (TPSA) is 30.5 Å². The van der Waals surface area contributed by atoms with Gasteiger partial charge in [-0.25, -0.2) is 4.39 Å². The molecule has 0 amide bonds. The van der Waals surface area contributed by atoms with Crippen LogP contribution in [-0.2, 0) is 13.2 Å². The second-order valence-corrected chi connectivity index (χ2v) is 6.82. The van der Waals surface area contributed by atoms with Gasteiger partial charge < -0.3 is 14.8 Å². The first-order valence-electron chi connectivity index (χ1n) is 9.78. The van der Waals surface area contributed by atoms with Gasteiger partial charge in [0.15, 0.2) is 0 Å². The summed E-state index contributed by atoms with van der Waals surface area (Å²) in [7, 11) is 0. The predicted molar refractivity (Wildman–Crippen MR) is 117 cm³/mol. The van der Waals surface area contributed by atoms with E-state index >= 15 is 0 Å². The van der Waals surface area contributed by atoms with E-state index in [-0.39, 0.29) is 5.82 Å². The molecule has 0 bridgehead atoms. The molecule has 0 aromatic heterocycles. The minimum Gasteiger partial charge on any atom is -0.489 e. The molecule has 0 unspecified atom stereocenters. The molecule has 0 saturated heterocycles. The molecule has 4 heteroatoms. The van der Waals surface area contributed by atoms with Crippen LogP contribution in [0.4, 0.5) is 10.1 Å². The van der Waals surface area contributed by atoms with E-state index in [9.17, 15) is 4.39 Å². The van der Waals surface area contributed by atoms with Crippen molar-refractivity contribution >= 4 is 5.69 Å². The number of anilines is 1. The summed E-state index contributed by atoms with van der Waals surface area (Å²) in [5.41, 5.74) is 2.81. The van der Waals surface area contributed by atoms with Crippen LogP contribution < -0.4 is 14.8 Å².